The van der Waals surface area contributed by atoms with E-state index < -0.39 is 0 Å². The number of ether oxygens (including phenoxy) is 1. The van der Waals surface area contributed by atoms with Crippen molar-refractivity contribution in [2.75, 3.05) is 6.61 Å². The molecular weight excluding hydrogens is 397 g/mol. The first-order chi connectivity index (χ1) is 15.0. The van der Waals surface area contributed by atoms with Crippen molar-refractivity contribution in [3.63, 3.8) is 0 Å². The van der Waals surface area contributed by atoms with E-state index in [1.54, 1.807) is 36.4 Å². The number of halogens is 1. The van der Waals surface area contributed by atoms with Crippen LogP contribution in [0.25, 0.3) is 11.5 Å². The van der Waals surface area contributed by atoms with Crippen molar-refractivity contribution in [2.45, 2.75) is 26.8 Å². The zero-order valence-corrected chi connectivity index (χ0v) is 17.3. The van der Waals surface area contributed by atoms with E-state index in [1.165, 1.54) is 18.5 Å². The summed E-state index contributed by atoms with van der Waals surface area (Å²) in [6.45, 7) is 4.58. The monoisotopic (exact) mass is 419 g/mol. The van der Waals surface area contributed by atoms with Gasteiger partial charge in [-0.3, -0.25) is 4.79 Å². The maximum Gasteiger partial charge on any atom is 0.247 e. The summed E-state index contributed by atoms with van der Waals surface area (Å²) in [7, 11) is 0. The number of nitrogens with zero attached hydrogens (tertiary/aromatic N) is 3. The molecule has 6 nitrogen and oxygen atoms in total. The van der Waals surface area contributed by atoms with Gasteiger partial charge in [-0.05, 0) is 68.3 Å². The topological polar surface area (TPSA) is 70.2 Å². The minimum absolute atomic E-state index is 0.0534. The van der Waals surface area contributed by atoms with Crippen LogP contribution in [0.15, 0.2) is 65.4 Å². The Hall–Kier alpha value is -3.74. The molecule has 0 spiro atoms. The van der Waals surface area contributed by atoms with Crippen LogP contribution in [0.3, 0.4) is 0 Å². The van der Waals surface area contributed by atoms with Crippen molar-refractivity contribution in [3.8, 4) is 17.2 Å². The molecule has 4 rings (SSSR count). The number of aromatic nitrogens is 3. The molecule has 0 unspecified atom stereocenters. The minimum Gasteiger partial charge on any atom is -0.485 e. The first-order valence-corrected chi connectivity index (χ1v) is 9.95. The van der Waals surface area contributed by atoms with Gasteiger partial charge in [-0.15, -0.1) is 10.2 Å². The molecule has 0 atom stereocenters. The van der Waals surface area contributed by atoms with Crippen molar-refractivity contribution in [2.24, 2.45) is 0 Å². The van der Waals surface area contributed by atoms with Gasteiger partial charge in [0.2, 0.25) is 18.1 Å². The van der Waals surface area contributed by atoms with Gasteiger partial charge in [0.1, 0.15) is 11.6 Å². The lowest BCUT2D eigenvalue weighted by Crippen LogP contribution is -2.13. The van der Waals surface area contributed by atoms with Crippen molar-refractivity contribution < 1.29 is 18.3 Å². The number of Topliss-reactive ketones (excluding diaryl/α,β-unsaturated/α-hetero) is 1. The second kappa shape index (κ2) is 8.95. The van der Waals surface area contributed by atoms with Crippen LogP contribution in [0.5, 0.6) is 5.75 Å². The summed E-state index contributed by atoms with van der Waals surface area (Å²) in [5.74, 6) is 0.689. The summed E-state index contributed by atoms with van der Waals surface area (Å²) in [4.78, 5) is 12.8. The molecule has 2 aromatic heterocycles. The van der Waals surface area contributed by atoms with E-state index in [2.05, 4.69) is 14.8 Å². The van der Waals surface area contributed by atoms with Gasteiger partial charge in [0.25, 0.3) is 0 Å². The molecule has 0 bridgehead atoms. The van der Waals surface area contributed by atoms with Gasteiger partial charge in [-0.25, -0.2) is 4.39 Å². The summed E-state index contributed by atoms with van der Waals surface area (Å²) in [6, 6.07) is 15.5. The quantitative estimate of drug-likeness (QED) is 0.384. The number of ketones is 1. The number of benzene rings is 2. The fourth-order valence-electron chi connectivity index (χ4n) is 3.54. The number of hydrogen-bond acceptors (Lipinski definition) is 5. The Labute approximate surface area is 179 Å². The van der Waals surface area contributed by atoms with Crippen LogP contribution in [-0.4, -0.2) is 27.2 Å². The first kappa shape index (κ1) is 20.5. The average molecular weight is 419 g/mol. The third-order valence-corrected chi connectivity index (χ3v) is 5.24. The Morgan fingerprint density at radius 2 is 1.84 bits per heavy atom. The van der Waals surface area contributed by atoms with E-state index in [0.717, 1.165) is 28.9 Å². The zero-order chi connectivity index (χ0) is 21.8. The number of carbonyl (C=O) groups excluding carboxylic acids is 1. The van der Waals surface area contributed by atoms with E-state index in [-0.39, 0.29) is 18.2 Å². The molecule has 4 aromatic rings. The smallest absolute Gasteiger partial charge is 0.247 e. The van der Waals surface area contributed by atoms with Crippen LogP contribution < -0.4 is 4.74 Å². The van der Waals surface area contributed by atoms with Crippen LogP contribution >= 0.6 is 0 Å². The van der Waals surface area contributed by atoms with E-state index in [0.29, 0.717) is 23.7 Å². The molecule has 0 aliphatic rings. The number of aryl methyl sites for hydroxylation is 2. The Bertz CT molecular complexity index is 1160. The highest BCUT2D eigenvalue weighted by molar-refractivity contribution is 5.98. The maximum absolute atomic E-state index is 13.1. The van der Waals surface area contributed by atoms with Crippen LogP contribution in [0.4, 0.5) is 4.39 Å². The summed E-state index contributed by atoms with van der Waals surface area (Å²) in [5.41, 5.74) is 4.39. The van der Waals surface area contributed by atoms with Gasteiger partial charge in [-0.1, -0.05) is 12.1 Å². The summed E-state index contributed by atoms with van der Waals surface area (Å²) in [6.07, 6.45) is 2.03. The van der Waals surface area contributed by atoms with Gasteiger partial charge in [-0.2, -0.15) is 0 Å². The van der Waals surface area contributed by atoms with Gasteiger partial charge in [0.15, 0.2) is 6.61 Å². The Morgan fingerprint density at radius 3 is 2.52 bits per heavy atom. The van der Waals surface area contributed by atoms with Crippen molar-refractivity contribution in [1.29, 1.82) is 0 Å². The summed E-state index contributed by atoms with van der Waals surface area (Å²) < 4.78 is 26.0. The van der Waals surface area contributed by atoms with Gasteiger partial charge in [0.05, 0.1) is 0 Å². The summed E-state index contributed by atoms with van der Waals surface area (Å²) >= 11 is 0. The zero-order valence-electron chi connectivity index (χ0n) is 17.3. The molecule has 0 saturated heterocycles. The highest BCUT2D eigenvalue weighted by Gasteiger charge is 2.16. The lowest BCUT2D eigenvalue weighted by molar-refractivity contribution is 0.0921. The highest BCUT2D eigenvalue weighted by Crippen LogP contribution is 2.21. The van der Waals surface area contributed by atoms with Crippen molar-refractivity contribution in [1.82, 2.24) is 14.8 Å². The van der Waals surface area contributed by atoms with E-state index in [4.69, 9.17) is 9.15 Å². The second-order valence-corrected chi connectivity index (χ2v) is 7.29. The normalized spacial score (nSPS) is 10.9. The maximum atomic E-state index is 13.1. The molecule has 0 radical (unpaired) electrons. The lowest BCUT2D eigenvalue weighted by atomic mass is 10.1. The van der Waals surface area contributed by atoms with Crippen LogP contribution in [0, 0.1) is 19.7 Å². The standard InChI is InChI=1S/C24H22FN3O3/c1-16-13-22(17(2)28(16)12-11-18-3-7-20(25)8-4-18)23(29)14-30-21-9-5-19(6-10-21)24-27-26-15-31-24/h3-10,13,15H,11-12,14H2,1-2H3. The molecule has 0 amide bonds. The first-order valence-electron chi connectivity index (χ1n) is 9.95. The SMILES string of the molecule is Cc1cc(C(=O)COc2ccc(-c3nnco3)cc2)c(C)n1CCc1ccc(F)cc1. The van der Waals surface area contributed by atoms with Crippen molar-refractivity contribution >= 4 is 5.78 Å². The third-order valence-electron chi connectivity index (χ3n) is 5.24. The second-order valence-electron chi connectivity index (χ2n) is 7.29. The largest absolute Gasteiger partial charge is 0.485 e. The number of hydrogen-bond donors (Lipinski definition) is 0. The highest BCUT2D eigenvalue weighted by atomic mass is 19.1. The third kappa shape index (κ3) is 4.71. The number of rotatable bonds is 8. The molecule has 31 heavy (non-hydrogen) atoms. The van der Waals surface area contributed by atoms with E-state index in [9.17, 15) is 9.18 Å². The minimum atomic E-state index is -0.241. The molecule has 0 saturated carbocycles. The Balaban J connectivity index is 1.38. The molecule has 2 heterocycles. The fourth-order valence-corrected chi connectivity index (χ4v) is 3.54. The van der Waals surface area contributed by atoms with Crippen LogP contribution in [-0.2, 0) is 13.0 Å². The predicted octanol–water partition coefficient (Wildman–Crippen LogP) is 4.80. The molecular formula is C24H22FN3O3. The average Bonchev–Trinajstić information content (AvgIpc) is 3.41. The van der Waals surface area contributed by atoms with Gasteiger partial charge >= 0.3 is 0 Å². The Morgan fingerprint density at radius 1 is 1.10 bits per heavy atom. The molecule has 158 valence electrons. The fraction of sp³-hybridized carbons (Fsp3) is 0.208. The van der Waals surface area contributed by atoms with Crippen LogP contribution in [0.1, 0.15) is 27.3 Å². The predicted molar refractivity (Wildman–Crippen MR) is 114 cm³/mol. The molecule has 7 heteroatoms. The lowest BCUT2D eigenvalue weighted by Gasteiger charge is -2.10. The summed E-state index contributed by atoms with van der Waals surface area (Å²) in [5, 5.41) is 7.51. The molecule has 0 aliphatic carbocycles. The Kier molecular flexibility index (Phi) is 5.93. The molecule has 0 aliphatic heterocycles. The van der Waals surface area contributed by atoms with Crippen LogP contribution in [0.2, 0.25) is 0 Å². The van der Waals surface area contributed by atoms with E-state index in [1.807, 2.05) is 19.9 Å². The van der Waals surface area contributed by atoms with Gasteiger partial charge < -0.3 is 13.7 Å². The van der Waals surface area contributed by atoms with Crippen molar-refractivity contribution in [3.05, 3.63) is 89.3 Å². The molecule has 0 fully saturated rings. The molecule has 2 aromatic carbocycles. The molecule has 0 N–H and O–H groups in total. The van der Waals surface area contributed by atoms with E-state index >= 15 is 0 Å². The number of carbonyl (C=O) groups is 1. The van der Waals surface area contributed by atoms with Gasteiger partial charge in [0, 0.05) is 29.1 Å².